The summed E-state index contributed by atoms with van der Waals surface area (Å²) in [5.41, 5.74) is 5.11. The number of aromatic amines is 1. The zero-order chi connectivity index (χ0) is 24.4. The molecule has 1 aromatic heterocycles. The van der Waals surface area contributed by atoms with Gasteiger partial charge < -0.3 is 9.88 Å². The molecule has 0 saturated carbocycles. The fourth-order valence-corrected chi connectivity index (χ4v) is 6.00. The van der Waals surface area contributed by atoms with E-state index >= 15 is 0 Å². The number of rotatable bonds is 2. The first-order valence-corrected chi connectivity index (χ1v) is 12.9. The molecular formula is C26H24N4O3S. The summed E-state index contributed by atoms with van der Waals surface area (Å²) in [5.74, 6) is 2.64. The van der Waals surface area contributed by atoms with Crippen LogP contribution in [0.15, 0.2) is 30.3 Å². The molecule has 0 unspecified atom stereocenters. The SMILES string of the molecule is C#Cc1cc2c(cc1N1CCN(S(C)(=O)=O)CC1)C(C)(C)c1[nH]c3cc(C#N)ccc3c1C2=O. The van der Waals surface area contributed by atoms with Gasteiger partial charge in [-0.25, -0.2) is 8.42 Å². The normalized spacial score (nSPS) is 17.7. The van der Waals surface area contributed by atoms with Gasteiger partial charge in [0.05, 0.1) is 29.1 Å². The highest BCUT2D eigenvalue weighted by Crippen LogP contribution is 2.45. The van der Waals surface area contributed by atoms with Crippen molar-refractivity contribution < 1.29 is 13.2 Å². The van der Waals surface area contributed by atoms with Crippen LogP contribution in [0, 0.1) is 23.7 Å². The Labute approximate surface area is 199 Å². The van der Waals surface area contributed by atoms with E-state index in [2.05, 4.69) is 35.7 Å². The molecule has 1 N–H and O–H groups in total. The van der Waals surface area contributed by atoms with Crippen LogP contribution in [-0.4, -0.2) is 55.9 Å². The molecule has 7 nitrogen and oxygen atoms in total. The van der Waals surface area contributed by atoms with Crippen molar-refractivity contribution in [3.63, 3.8) is 0 Å². The second-order valence-corrected chi connectivity index (χ2v) is 11.4. The molecule has 34 heavy (non-hydrogen) atoms. The Morgan fingerprint density at radius 1 is 1.12 bits per heavy atom. The van der Waals surface area contributed by atoms with Crippen LogP contribution < -0.4 is 4.90 Å². The lowest BCUT2D eigenvalue weighted by molar-refractivity contribution is 0.103. The highest BCUT2D eigenvalue weighted by molar-refractivity contribution is 7.88. The van der Waals surface area contributed by atoms with Gasteiger partial charge in [0.1, 0.15) is 0 Å². The summed E-state index contributed by atoms with van der Waals surface area (Å²) < 4.78 is 25.3. The minimum Gasteiger partial charge on any atom is -0.368 e. The highest BCUT2D eigenvalue weighted by Gasteiger charge is 2.40. The van der Waals surface area contributed by atoms with Crippen LogP contribution in [0.1, 0.15) is 52.2 Å². The monoisotopic (exact) mass is 472 g/mol. The second kappa shape index (κ2) is 7.46. The number of hydrogen-bond donors (Lipinski definition) is 1. The summed E-state index contributed by atoms with van der Waals surface area (Å²) >= 11 is 0. The smallest absolute Gasteiger partial charge is 0.211 e. The molecule has 1 fully saturated rings. The fraction of sp³-hybridized carbons (Fsp3) is 0.308. The number of fused-ring (bicyclic) bond motifs is 4. The Bertz CT molecular complexity index is 1560. The first-order valence-electron chi connectivity index (χ1n) is 11.0. The molecule has 0 atom stereocenters. The molecule has 2 aliphatic rings. The van der Waals surface area contributed by atoms with E-state index in [1.165, 1.54) is 10.6 Å². The number of aromatic nitrogens is 1. The lowest BCUT2D eigenvalue weighted by Crippen LogP contribution is -2.48. The van der Waals surface area contributed by atoms with Gasteiger partial charge in [0.2, 0.25) is 10.0 Å². The molecule has 1 aliphatic carbocycles. The molecular weight excluding hydrogens is 448 g/mol. The predicted molar refractivity (Wildman–Crippen MR) is 132 cm³/mol. The summed E-state index contributed by atoms with van der Waals surface area (Å²) in [6, 6.07) is 11.2. The summed E-state index contributed by atoms with van der Waals surface area (Å²) in [5, 5.41) is 10.1. The molecule has 5 rings (SSSR count). The van der Waals surface area contributed by atoms with Gasteiger partial charge in [-0.1, -0.05) is 25.8 Å². The average molecular weight is 473 g/mol. The number of ketones is 1. The van der Waals surface area contributed by atoms with E-state index < -0.39 is 15.4 Å². The first-order chi connectivity index (χ1) is 16.1. The van der Waals surface area contributed by atoms with Crippen LogP contribution in [0.4, 0.5) is 5.69 Å². The first kappa shape index (κ1) is 22.2. The van der Waals surface area contributed by atoms with Gasteiger partial charge in [0.15, 0.2) is 5.78 Å². The van der Waals surface area contributed by atoms with Gasteiger partial charge in [-0.2, -0.15) is 9.57 Å². The molecule has 1 aliphatic heterocycles. The number of H-pyrrole nitrogens is 1. The molecule has 172 valence electrons. The van der Waals surface area contributed by atoms with E-state index in [-0.39, 0.29) is 5.78 Å². The zero-order valence-corrected chi connectivity index (χ0v) is 20.1. The van der Waals surface area contributed by atoms with E-state index in [1.807, 2.05) is 12.1 Å². The molecule has 2 aromatic carbocycles. The standard InChI is InChI=1S/C26H24N4O3S/c1-5-17-13-19-20(14-22(17)29-8-10-30(11-9-29)34(4,32)33)26(2,3)25-23(24(19)31)18-7-6-16(15-27)12-21(18)28-25/h1,6-7,12-14,28H,8-11H2,2-4H3. The average Bonchev–Trinajstić information content (AvgIpc) is 3.21. The Morgan fingerprint density at radius 3 is 2.44 bits per heavy atom. The number of carbonyl (C=O) groups is 1. The highest BCUT2D eigenvalue weighted by atomic mass is 32.2. The third-order valence-electron chi connectivity index (χ3n) is 7.04. The van der Waals surface area contributed by atoms with Crippen molar-refractivity contribution in [3.05, 3.63) is 63.8 Å². The van der Waals surface area contributed by atoms with Crippen molar-refractivity contribution >= 4 is 32.4 Å². The minimum absolute atomic E-state index is 0.0924. The maximum Gasteiger partial charge on any atom is 0.211 e. The number of hydrogen-bond acceptors (Lipinski definition) is 5. The van der Waals surface area contributed by atoms with Gasteiger partial charge >= 0.3 is 0 Å². The fourth-order valence-electron chi connectivity index (χ4n) is 5.17. The molecule has 3 aromatic rings. The third kappa shape index (κ3) is 3.22. The van der Waals surface area contributed by atoms with Crippen molar-refractivity contribution in [3.8, 4) is 18.4 Å². The van der Waals surface area contributed by atoms with Gasteiger partial charge in [0, 0.05) is 59.3 Å². The molecule has 0 amide bonds. The maximum atomic E-state index is 13.7. The predicted octanol–water partition coefficient (Wildman–Crippen LogP) is 2.97. The van der Waals surface area contributed by atoms with Crippen molar-refractivity contribution in [1.29, 1.82) is 5.26 Å². The lowest BCUT2D eigenvalue weighted by Gasteiger charge is -2.38. The van der Waals surface area contributed by atoms with Gasteiger partial charge in [-0.3, -0.25) is 4.79 Å². The number of carbonyl (C=O) groups excluding carboxylic acids is 1. The van der Waals surface area contributed by atoms with Crippen molar-refractivity contribution in [1.82, 2.24) is 9.29 Å². The molecule has 0 spiro atoms. The van der Waals surface area contributed by atoms with Crippen LogP contribution in [0.5, 0.6) is 0 Å². The van der Waals surface area contributed by atoms with E-state index in [4.69, 9.17) is 6.42 Å². The van der Waals surface area contributed by atoms with E-state index in [9.17, 15) is 18.5 Å². The topological polar surface area (TPSA) is 97.3 Å². The van der Waals surface area contributed by atoms with Gasteiger partial charge in [-0.05, 0) is 29.8 Å². The van der Waals surface area contributed by atoms with Crippen LogP contribution in [0.2, 0.25) is 0 Å². The Balaban J connectivity index is 1.63. The largest absolute Gasteiger partial charge is 0.368 e. The number of nitrogens with zero attached hydrogens (tertiary/aromatic N) is 3. The maximum absolute atomic E-state index is 13.7. The van der Waals surface area contributed by atoms with Crippen LogP contribution in [0.25, 0.3) is 10.9 Å². The van der Waals surface area contributed by atoms with Crippen molar-refractivity contribution in [2.75, 3.05) is 37.3 Å². The third-order valence-corrected chi connectivity index (χ3v) is 8.34. The summed E-state index contributed by atoms with van der Waals surface area (Å²) in [6.07, 6.45) is 7.09. The number of nitrogens with one attached hydrogen (secondary N) is 1. The summed E-state index contributed by atoms with van der Waals surface area (Å²) in [7, 11) is -3.24. The quantitative estimate of drug-likeness (QED) is 0.579. The van der Waals surface area contributed by atoms with Crippen molar-refractivity contribution in [2.24, 2.45) is 0 Å². The van der Waals surface area contributed by atoms with Gasteiger partial charge in [-0.15, -0.1) is 6.42 Å². The molecule has 0 radical (unpaired) electrons. The number of anilines is 1. The number of benzene rings is 2. The van der Waals surface area contributed by atoms with E-state index in [0.29, 0.717) is 48.4 Å². The van der Waals surface area contributed by atoms with Crippen LogP contribution in [-0.2, 0) is 15.4 Å². The molecule has 1 saturated heterocycles. The number of terminal acetylenes is 1. The summed E-state index contributed by atoms with van der Waals surface area (Å²) in [4.78, 5) is 19.2. The Morgan fingerprint density at radius 2 is 1.82 bits per heavy atom. The Hall–Kier alpha value is -3.59. The van der Waals surface area contributed by atoms with Crippen LogP contribution in [0.3, 0.4) is 0 Å². The number of piperazine rings is 1. The van der Waals surface area contributed by atoms with Crippen molar-refractivity contribution in [2.45, 2.75) is 19.3 Å². The molecule has 8 heteroatoms. The summed E-state index contributed by atoms with van der Waals surface area (Å²) in [6.45, 7) is 5.94. The zero-order valence-electron chi connectivity index (χ0n) is 19.3. The van der Waals surface area contributed by atoms with E-state index in [1.54, 1.807) is 18.2 Å². The molecule has 0 bridgehead atoms. The lowest BCUT2D eigenvalue weighted by atomic mass is 9.70. The van der Waals surface area contributed by atoms with Gasteiger partial charge in [0.25, 0.3) is 0 Å². The second-order valence-electron chi connectivity index (χ2n) is 9.41. The minimum atomic E-state index is -3.24. The molecule has 2 heterocycles. The van der Waals surface area contributed by atoms with E-state index in [0.717, 1.165) is 27.8 Å². The van der Waals surface area contributed by atoms with Crippen LogP contribution >= 0.6 is 0 Å². The Kier molecular flexibility index (Phi) is 4.87. The number of nitriles is 1. The number of sulfonamides is 1.